The van der Waals surface area contributed by atoms with Crippen LogP contribution in [0.1, 0.15) is 12.5 Å². The predicted molar refractivity (Wildman–Crippen MR) is 110 cm³/mol. The molecule has 1 aliphatic rings. The normalized spacial score (nSPS) is 14.8. The molecule has 150 valence electrons. The van der Waals surface area contributed by atoms with Gasteiger partial charge >= 0.3 is 0 Å². The molecule has 0 bridgehead atoms. The zero-order chi connectivity index (χ0) is 19.2. The van der Waals surface area contributed by atoms with E-state index in [4.69, 9.17) is 5.73 Å². The van der Waals surface area contributed by atoms with Crippen LogP contribution in [0.4, 0.5) is 11.6 Å². The first-order valence-corrected chi connectivity index (χ1v) is 8.98. The van der Waals surface area contributed by atoms with Gasteiger partial charge in [0.2, 0.25) is 17.8 Å². The summed E-state index contributed by atoms with van der Waals surface area (Å²) in [5, 5.41) is 2.73. The molecule has 0 saturated carbocycles. The standard InChI is InChI=1S/C19H24N6O2.ClH/c1-14(20)18(27)23-16-5-3-15(4-6-16)13-17(26)24-9-11-25(12-10-24)19-21-7-2-8-22-19;/h2-8,14H,9-13,20H2,1H3,(H,23,27);1H/t14-;/m0./s1. The molecule has 3 rings (SSSR count). The maximum Gasteiger partial charge on any atom is 0.240 e. The Morgan fingerprint density at radius 1 is 1.11 bits per heavy atom. The largest absolute Gasteiger partial charge is 0.339 e. The van der Waals surface area contributed by atoms with Gasteiger partial charge in [0.15, 0.2) is 0 Å². The number of nitrogens with zero attached hydrogens (tertiary/aromatic N) is 4. The Labute approximate surface area is 170 Å². The third kappa shape index (κ3) is 5.64. The van der Waals surface area contributed by atoms with Crippen molar-refractivity contribution in [2.24, 2.45) is 5.73 Å². The Morgan fingerprint density at radius 3 is 2.29 bits per heavy atom. The number of carbonyl (C=O) groups excluding carboxylic acids is 2. The average Bonchev–Trinajstić information content (AvgIpc) is 2.70. The van der Waals surface area contributed by atoms with Crippen molar-refractivity contribution in [1.82, 2.24) is 14.9 Å². The number of halogens is 1. The lowest BCUT2D eigenvalue weighted by atomic mass is 10.1. The van der Waals surface area contributed by atoms with Crippen LogP contribution in [-0.2, 0) is 16.0 Å². The van der Waals surface area contributed by atoms with Gasteiger partial charge in [-0.25, -0.2) is 9.97 Å². The zero-order valence-electron chi connectivity index (χ0n) is 15.7. The molecule has 1 saturated heterocycles. The first-order chi connectivity index (χ1) is 13.0. The van der Waals surface area contributed by atoms with Crippen LogP contribution in [0.2, 0.25) is 0 Å². The van der Waals surface area contributed by atoms with Gasteiger partial charge < -0.3 is 20.9 Å². The molecule has 9 heteroatoms. The molecule has 8 nitrogen and oxygen atoms in total. The summed E-state index contributed by atoms with van der Waals surface area (Å²) in [6.07, 6.45) is 3.78. The van der Waals surface area contributed by atoms with Crippen molar-refractivity contribution in [3.8, 4) is 0 Å². The Balaban J connectivity index is 0.00000280. The molecule has 0 aliphatic carbocycles. The number of rotatable bonds is 5. The Kier molecular flexibility index (Phi) is 7.71. The highest BCUT2D eigenvalue weighted by Crippen LogP contribution is 2.14. The van der Waals surface area contributed by atoms with Gasteiger partial charge in [-0.3, -0.25) is 9.59 Å². The smallest absolute Gasteiger partial charge is 0.240 e. The van der Waals surface area contributed by atoms with E-state index in [0.717, 1.165) is 18.7 Å². The molecule has 2 aromatic rings. The van der Waals surface area contributed by atoms with E-state index in [2.05, 4.69) is 20.2 Å². The van der Waals surface area contributed by atoms with E-state index in [1.54, 1.807) is 37.5 Å². The Morgan fingerprint density at radius 2 is 1.71 bits per heavy atom. The van der Waals surface area contributed by atoms with Crippen LogP contribution in [-0.4, -0.2) is 58.9 Å². The van der Waals surface area contributed by atoms with Crippen LogP contribution in [0.15, 0.2) is 42.7 Å². The number of anilines is 2. The van der Waals surface area contributed by atoms with E-state index in [1.165, 1.54) is 0 Å². The van der Waals surface area contributed by atoms with Crippen LogP contribution >= 0.6 is 12.4 Å². The number of nitrogens with one attached hydrogen (secondary N) is 1. The van der Waals surface area contributed by atoms with E-state index in [1.807, 2.05) is 17.0 Å². The van der Waals surface area contributed by atoms with Crippen LogP contribution < -0.4 is 16.0 Å². The van der Waals surface area contributed by atoms with Crippen LogP contribution in [0.25, 0.3) is 0 Å². The molecular formula is C19H25ClN6O2. The monoisotopic (exact) mass is 404 g/mol. The number of aromatic nitrogens is 2. The second-order valence-corrected chi connectivity index (χ2v) is 6.57. The number of benzene rings is 1. The minimum Gasteiger partial charge on any atom is -0.339 e. The highest BCUT2D eigenvalue weighted by Gasteiger charge is 2.22. The van der Waals surface area contributed by atoms with Gasteiger partial charge in [0.05, 0.1) is 12.5 Å². The van der Waals surface area contributed by atoms with Gasteiger partial charge in [-0.1, -0.05) is 12.1 Å². The molecule has 3 N–H and O–H groups in total. The zero-order valence-corrected chi connectivity index (χ0v) is 16.6. The fraction of sp³-hybridized carbons (Fsp3) is 0.368. The molecule has 1 aromatic heterocycles. The van der Waals surface area contributed by atoms with Crippen molar-refractivity contribution in [1.29, 1.82) is 0 Å². The summed E-state index contributed by atoms with van der Waals surface area (Å²) in [6.45, 7) is 4.38. The number of piperazine rings is 1. The molecule has 0 spiro atoms. The maximum absolute atomic E-state index is 12.6. The summed E-state index contributed by atoms with van der Waals surface area (Å²) in [7, 11) is 0. The molecule has 1 fully saturated rings. The molecule has 0 unspecified atom stereocenters. The summed E-state index contributed by atoms with van der Waals surface area (Å²) in [4.78, 5) is 36.6. The predicted octanol–water partition coefficient (Wildman–Crippen LogP) is 1.08. The molecular weight excluding hydrogens is 380 g/mol. The van der Waals surface area contributed by atoms with E-state index >= 15 is 0 Å². The van der Waals surface area contributed by atoms with Crippen molar-refractivity contribution >= 4 is 35.9 Å². The number of hydrogen-bond donors (Lipinski definition) is 2. The van der Waals surface area contributed by atoms with Gasteiger partial charge in [0, 0.05) is 44.3 Å². The van der Waals surface area contributed by atoms with Crippen LogP contribution in [0, 0.1) is 0 Å². The third-order valence-electron chi connectivity index (χ3n) is 4.46. The van der Waals surface area contributed by atoms with Crippen molar-refractivity contribution in [3.05, 3.63) is 48.3 Å². The molecule has 1 aromatic carbocycles. The van der Waals surface area contributed by atoms with Gasteiger partial charge in [-0.2, -0.15) is 0 Å². The number of nitrogens with two attached hydrogens (primary N) is 1. The molecule has 1 atom stereocenters. The van der Waals surface area contributed by atoms with Crippen molar-refractivity contribution in [3.63, 3.8) is 0 Å². The fourth-order valence-corrected chi connectivity index (χ4v) is 2.86. The number of hydrogen-bond acceptors (Lipinski definition) is 6. The second kappa shape index (κ2) is 10.0. The topological polar surface area (TPSA) is 104 Å². The van der Waals surface area contributed by atoms with Crippen LogP contribution in [0.5, 0.6) is 0 Å². The van der Waals surface area contributed by atoms with Crippen LogP contribution in [0.3, 0.4) is 0 Å². The lowest BCUT2D eigenvalue weighted by Crippen LogP contribution is -2.49. The fourth-order valence-electron chi connectivity index (χ4n) is 2.86. The third-order valence-corrected chi connectivity index (χ3v) is 4.46. The van der Waals surface area contributed by atoms with E-state index in [9.17, 15) is 9.59 Å². The van der Waals surface area contributed by atoms with Crippen molar-refractivity contribution in [2.75, 3.05) is 36.4 Å². The maximum atomic E-state index is 12.6. The lowest BCUT2D eigenvalue weighted by Gasteiger charge is -2.34. The molecule has 1 aliphatic heterocycles. The molecule has 0 radical (unpaired) electrons. The summed E-state index contributed by atoms with van der Waals surface area (Å²) < 4.78 is 0. The number of amides is 2. The first-order valence-electron chi connectivity index (χ1n) is 8.98. The van der Waals surface area contributed by atoms with Gasteiger partial charge in [0.1, 0.15) is 0 Å². The quantitative estimate of drug-likeness (QED) is 0.772. The molecule has 28 heavy (non-hydrogen) atoms. The summed E-state index contributed by atoms with van der Waals surface area (Å²) >= 11 is 0. The van der Waals surface area contributed by atoms with Crippen molar-refractivity contribution in [2.45, 2.75) is 19.4 Å². The average molecular weight is 405 g/mol. The Bertz CT molecular complexity index is 777. The summed E-state index contributed by atoms with van der Waals surface area (Å²) in [5.74, 6) is 0.559. The van der Waals surface area contributed by atoms with E-state index in [-0.39, 0.29) is 24.2 Å². The van der Waals surface area contributed by atoms with Gasteiger partial charge in [-0.05, 0) is 30.7 Å². The highest BCUT2D eigenvalue weighted by molar-refractivity contribution is 5.94. The van der Waals surface area contributed by atoms with Gasteiger partial charge in [-0.15, -0.1) is 12.4 Å². The Hall–Kier alpha value is -2.71. The van der Waals surface area contributed by atoms with Gasteiger partial charge in [0.25, 0.3) is 0 Å². The van der Waals surface area contributed by atoms with E-state index in [0.29, 0.717) is 31.1 Å². The van der Waals surface area contributed by atoms with Crippen molar-refractivity contribution < 1.29 is 9.59 Å². The summed E-state index contributed by atoms with van der Waals surface area (Å²) in [5.41, 5.74) is 7.12. The number of carbonyl (C=O) groups is 2. The highest BCUT2D eigenvalue weighted by atomic mass is 35.5. The first kappa shape index (κ1) is 21.6. The second-order valence-electron chi connectivity index (χ2n) is 6.57. The lowest BCUT2D eigenvalue weighted by molar-refractivity contribution is -0.130. The SMILES string of the molecule is C[C@H](N)C(=O)Nc1ccc(CC(=O)N2CCN(c3ncccn3)CC2)cc1.Cl. The molecule has 2 amide bonds. The minimum absolute atomic E-state index is 0. The van der Waals surface area contributed by atoms with E-state index < -0.39 is 6.04 Å². The molecule has 2 heterocycles. The summed E-state index contributed by atoms with van der Waals surface area (Å²) in [6, 6.07) is 8.50. The minimum atomic E-state index is -0.564.